The minimum atomic E-state index is -0.0674. The number of hydrogen-bond acceptors (Lipinski definition) is 3. The minimum Gasteiger partial charge on any atom is -0.304 e. The Bertz CT molecular complexity index is 320. The Balaban J connectivity index is 1.88. The summed E-state index contributed by atoms with van der Waals surface area (Å²) >= 11 is 0. The number of likely N-dealkylation sites (N-methyl/N-ethyl adjacent to an activating group) is 2. The van der Waals surface area contributed by atoms with Crippen molar-refractivity contribution in [2.75, 3.05) is 33.2 Å². The fourth-order valence-electron chi connectivity index (χ4n) is 4.47. The summed E-state index contributed by atoms with van der Waals surface area (Å²) in [4.78, 5) is 16.7. The van der Waals surface area contributed by atoms with Gasteiger partial charge in [-0.1, -0.05) is 26.7 Å². The molecule has 3 unspecified atom stereocenters. The van der Waals surface area contributed by atoms with Crippen molar-refractivity contribution in [3.8, 4) is 0 Å². The lowest BCUT2D eigenvalue weighted by molar-refractivity contribution is -0.120. The summed E-state index contributed by atoms with van der Waals surface area (Å²) in [7, 11) is 2.21. The summed E-state index contributed by atoms with van der Waals surface area (Å²) in [6.45, 7) is 9.05. The van der Waals surface area contributed by atoms with Crippen LogP contribution in [0.1, 0.15) is 52.4 Å². The molecule has 0 spiro atoms. The van der Waals surface area contributed by atoms with E-state index < -0.39 is 0 Å². The Morgan fingerprint density at radius 2 is 2.15 bits per heavy atom. The Labute approximate surface area is 124 Å². The summed E-state index contributed by atoms with van der Waals surface area (Å²) < 4.78 is 0. The molecule has 0 aromatic heterocycles. The maximum absolute atomic E-state index is 11.7. The van der Waals surface area contributed by atoms with Crippen molar-refractivity contribution in [3.63, 3.8) is 0 Å². The second-order valence-electron chi connectivity index (χ2n) is 7.30. The van der Waals surface area contributed by atoms with Crippen molar-refractivity contribution in [2.45, 2.75) is 58.4 Å². The molecule has 1 saturated carbocycles. The first-order chi connectivity index (χ1) is 9.58. The van der Waals surface area contributed by atoms with Gasteiger partial charge in [0.2, 0.25) is 0 Å². The molecular weight excluding hydrogens is 248 g/mol. The van der Waals surface area contributed by atoms with Crippen LogP contribution < -0.4 is 0 Å². The average Bonchev–Trinajstić information content (AvgIpc) is 2.85. The van der Waals surface area contributed by atoms with Crippen molar-refractivity contribution in [2.24, 2.45) is 11.3 Å². The molecular formula is C17H32N2O. The topological polar surface area (TPSA) is 23.6 Å². The SMILES string of the molecule is CCN1CCCC1CN(C)CC1(C=O)CCCC(C)C1. The van der Waals surface area contributed by atoms with Gasteiger partial charge in [0.1, 0.15) is 6.29 Å². The smallest absolute Gasteiger partial charge is 0.127 e. The Kier molecular flexibility index (Phi) is 5.62. The maximum atomic E-state index is 11.7. The molecule has 3 atom stereocenters. The van der Waals surface area contributed by atoms with Crippen molar-refractivity contribution >= 4 is 6.29 Å². The van der Waals surface area contributed by atoms with Gasteiger partial charge in [0.05, 0.1) is 0 Å². The third-order valence-corrected chi connectivity index (χ3v) is 5.39. The summed E-state index contributed by atoms with van der Waals surface area (Å²) in [6.07, 6.45) is 8.62. The normalized spacial score (nSPS) is 35.6. The van der Waals surface area contributed by atoms with Crippen LogP contribution in [0.15, 0.2) is 0 Å². The molecule has 2 rings (SSSR count). The van der Waals surface area contributed by atoms with Gasteiger partial charge in [-0.25, -0.2) is 0 Å². The number of likely N-dealkylation sites (tertiary alicyclic amines) is 1. The fraction of sp³-hybridized carbons (Fsp3) is 0.941. The van der Waals surface area contributed by atoms with Crippen molar-refractivity contribution in [1.29, 1.82) is 0 Å². The van der Waals surface area contributed by atoms with Crippen LogP contribution in [-0.4, -0.2) is 55.4 Å². The molecule has 2 fully saturated rings. The number of aldehydes is 1. The molecule has 0 aromatic carbocycles. The molecule has 1 aliphatic heterocycles. The van der Waals surface area contributed by atoms with Gasteiger partial charge in [-0.3, -0.25) is 4.90 Å². The lowest BCUT2D eigenvalue weighted by Gasteiger charge is -2.39. The zero-order valence-corrected chi connectivity index (χ0v) is 13.6. The number of hydrogen-bond donors (Lipinski definition) is 0. The van der Waals surface area contributed by atoms with Crippen LogP contribution in [0.4, 0.5) is 0 Å². The van der Waals surface area contributed by atoms with Crippen LogP contribution in [0.2, 0.25) is 0 Å². The molecule has 0 N–H and O–H groups in total. The number of carbonyl (C=O) groups excluding carboxylic acids is 1. The molecule has 0 radical (unpaired) electrons. The van der Waals surface area contributed by atoms with Gasteiger partial charge >= 0.3 is 0 Å². The quantitative estimate of drug-likeness (QED) is 0.699. The third-order valence-electron chi connectivity index (χ3n) is 5.39. The van der Waals surface area contributed by atoms with Crippen LogP contribution in [-0.2, 0) is 4.79 Å². The highest BCUT2D eigenvalue weighted by molar-refractivity contribution is 5.60. The molecule has 2 aliphatic rings. The van der Waals surface area contributed by atoms with Gasteiger partial charge in [0, 0.05) is 24.5 Å². The third kappa shape index (κ3) is 3.82. The number of nitrogens with zero attached hydrogens (tertiary/aromatic N) is 2. The zero-order chi connectivity index (χ0) is 14.6. The first kappa shape index (κ1) is 16.0. The van der Waals surface area contributed by atoms with Gasteiger partial charge in [-0.2, -0.15) is 0 Å². The van der Waals surface area contributed by atoms with E-state index in [9.17, 15) is 4.79 Å². The van der Waals surface area contributed by atoms with Crippen LogP contribution in [0.25, 0.3) is 0 Å². The molecule has 116 valence electrons. The van der Waals surface area contributed by atoms with Crippen molar-refractivity contribution in [3.05, 3.63) is 0 Å². The highest BCUT2D eigenvalue weighted by Crippen LogP contribution is 2.38. The maximum Gasteiger partial charge on any atom is 0.127 e. The lowest BCUT2D eigenvalue weighted by Crippen LogP contribution is -2.45. The van der Waals surface area contributed by atoms with E-state index in [1.165, 1.54) is 38.5 Å². The largest absolute Gasteiger partial charge is 0.304 e. The van der Waals surface area contributed by atoms with E-state index in [1.807, 2.05) is 0 Å². The number of carbonyl (C=O) groups is 1. The van der Waals surface area contributed by atoms with Gasteiger partial charge in [0.15, 0.2) is 0 Å². The van der Waals surface area contributed by atoms with E-state index in [0.717, 1.165) is 32.5 Å². The molecule has 1 saturated heterocycles. The van der Waals surface area contributed by atoms with Crippen LogP contribution in [0.3, 0.4) is 0 Å². The molecule has 0 bridgehead atoms. The summed E-state index contributed by atoms with van der Waals surface area (Å²) in [5, 5.41) is 0. The van der Waals surface area contributed by atoms with Crippen LogP contribution >= 0.6 is 0 Å². The van der Waals surface area contributed by atoms with Gasteiger partial charge < -0.3 is 9.69 Å². The standard InChI is InChI=1S/C17H32N2O/c1-4-19-10-6-8-16(19)12-18(3)13-17(14-20)9-5-7-15(2)11-17/h14-16H,4-13H2,1-3H3. The predicted molar refractivity (Wildman–Crippen MR) is 83.9 cm³/mol. The molecule has 3 heteroatoms. The van der Waals surface area contributed by atoms with Crippen LogP contribution in [0, 0.1) is 11.3 Å². The average molecular weight is 280 g/mol. The van der Waals surface area contributed by atoms with E-state index in [1.54, 1.807) is 0 Å². The van der Waals surface area contributed by atoms with E-state index >= 15 is 0 Å². The monoisotopic (exact) mass is 280 g/mol. The Morgan fingerprint density at radius 3 is 2.80 bits per heavy atom. The molecule has 1 heterocycles. The highest BCUT2D eigenvalue weighted by atomic mass is 16.1. The second kappa shape index (κ2) is 7.04. The van der Waals surface area contributed by atoms with Crippen molar-refractivity contribution in [1.82, 2.24) is 9.80 Å². The van der Waals surface area contributed by atoms with Gasteiger partial charge in [0.25, 0.3) is 0 Å². The van der Waals surface area contributed by atoms with Gasteiger partial charge in [-0.05, 0) is 51.7 Å². The molecule has 1 aliphatic carbocycles. The number of rotatable bonds is 6. The molecule has 20 heavy (non-hydrogen) atoms. The Hall–Kier alpha value is -0.410. The van der Waals surface area contributed by atoms with Gasteiger partial charge in [-0.15, -0.1) is 0 Å². The second-order valence-corrected chi connectivity index (χ2v) is 7.30. The molecule has 0 amide bonds. The molecule has 3 nitrogen and oxygen atoms in total. The fourth-order valence-corrected chi connectivity index (χ4v) is 4.47. The van der Waals surface area contributed by atoms with E-state index in [4.69, 9.17) is 0 Å². The predicted octanol–water partition coefficient (Wildman–Crippen LogP) is 2.80. The van der Waals surface area contributed by atoms with E-state index in [0.29, 0.717) is 12.0 Å². The molecule has 0 aromatic rings. The zero-order valence-electron chi connectivity index (χ0n) is 13.6. The summed E-state index contributed by atoms with van der Waals surface area (Å²) in [5.41, 5.74) is -0.0674. The van der Waals surface area contributed by atoms with E-state index in [-0.39, 0.29) is 5.41 Å². The lowest BCUT2D eigenvalue weighted by atomic mass is 9.70. The summed E-state index contributed by atoms with van der Waals surface area (Å²) in [6, 6.07) is 0.703. The van der Waals surface area contributed by atoms with Crippen molar-refractivity contribution < 1.29 is 4.79 Å². The highest BCUT2D eigenvalue weighted by Gasteiger charge is 2.36. The van der Waals surface area contributed by atoms with E-state index in [2.05, 4.69) is 30.7 Å². The first-order valence-electron chi connectivity index (χ1n) is 8.47. The van der Waals surface area contributed by atoms with Crippen LogP contribution in [0.5, 0.6) is 0 Å². The Morgan fingerprint density at radius 1 is 1.35 bits per heavy atom. The minimum absolute atomic E-state index is 0.0674. The first-order valence-corrected chi connectivity index (χ1v) is 8.47. The summed E-state index contributed by atoms with van der Waals surface area (Å²) in [5.74, 6) is 0.709.